The summed E-state index contributed by atoms with van der Waals surface area (Å²) >= 11 is 0. The number of nitrogens with zero attached hydrogens (tertiary/aromatic N) is 3. The molecule has 7 nitrogen and oxygen atoms in total. The van der Waals surface area contributed by atoms with Gasteiger partial charge in [-0.05, 0) is 47.5 Å². The van der Waals surface area contributed by atoms with Crippen molar-refractivity contribution in [2.24, 2.45) is 0 Å². The summed E-state index contributed by atoms with van der Waals surface area (Å²) in [5, 5.41) is 9.07. The third-order valence-corrected chi connectivity index (χ3v) is 6.40. The number of fused-ring (bicyclic) bond motifs is 1. The second-order valence-corrected chi connectivity index (χ2v) is 8.65. The maximum Gasteiger partial charge on any atom is 0.407 e. The largest absolute Gasteiger partial charge is 0.492 e. The predicted molar refractivity (Wildman–Crippen MR) is 129 cm³/mol. The molecule has 0 atom stereocenters. The Kier molecular flexibility index (Phi) is 6.47. The van der Waals surface area contributed by atoms with Crippen LogP contribution in [0.1, 0.15) is 27.0 Å². The average Bonchev–Trinajstić information content (AvgIpc) is 3.16. The number of rotatable bonds is 6. The molecule has 2 aliphatic rings. The van der Waals surface area contributed by atoms with Crippen LogP contribution in [0.5, 0.6) is 5.75 Å². The number of piperazine rings is 1. The van der Waals surface area contributed by atoms with Crippen molar-refractivity contribution < 1.29 is 28.2 Å². The normalized spacial score (nSPS) is 15.8. The Labute approximate surface area is 206 Å². The first-order valence-corrected chi connectivity index (χ1v) is 11.5. The van der Waals surface area contributed by atoms with Crippen LogP contribution in [-0.4, -0.2) is 71.1 Å². The number of carbonyl (C=O) groups is 2. The molecule has 3 aromatic rings. The Morgan fingerprint density at radius 2 is 1.69 bits per heavy atom. The Morgan fingerprint density at radius 1 is 0.944 bits per heavy atom. The zero-order chi connectivity index (χ0) is 25.2. The van der Waals surface area contributed by atoms with Gasteiger partial charge in [0.1, 0.15) is 24.0 Å². The highest BCUT2D eigenvalue weighted by molar-refractivity contribution is 6.41. The quantitative estimate of drug-likeness (QED) is 0.557. The highest BCUT2D eigenvalue weighted by Gasteiger charge is 2.32. The fourth-order valence-corrected chi connectivity index (χ4v) is 4.64. The standard InChI is InChI=1S/C27H23F2N3O4/c28-19-12-18(13-20(29)14-19)24-22-4-3-21(36-11-10-31-6-8-32(9-7-31)27(34)35)15-23(22)26(33)25(24)17-2-1-5-30-16-17/h1-5,12-16H,6-11H2,(H,34,35). The number of hydrogen-bond donors (Lipinski definition) is 1. The average molecular weight is 491 g/mol. The van der Waals surface area contributed by atoms with E-state index in [4.69, 9.17) is 9.84 Å². The molecule has 0 bridgehead atoms. The third-order valence-electron chi connectivity index (χ3n) is 6.40. The van der Waals surface area contributed by atoms with Gasteiger partial charge in [0.15, 0.2) is 5.78 Å². The van der Waals surface area contributed by atoms with Crippen molar-refractivity contribution in [1.29, 1.82) is 0 Å². The van der Waals surface area contributed by atoms with Crippen LogP contribution in [0.15, 0.2) is 60.9 Å². The van der Waals surface area contributed by atoms with Crippen LogP contribution in [0.25, 0.3) is 11.1 Å². The Hall–Kier alpha value is -4.11. The molecule has 2 aromatic carbocycles. The number of ketones is 1. The fraction of sp³-hybridized carbons (Fsp3) is 0.222. The number of carbonyl (C=O) groups excluding carboxylic acids is 1. The first kappa shape index (κ1) is 23.6. The Bertz CT molecular complexity index is 1330. The zero-order valence-corrected chi connectivity index (χ0v) is 19.3. The van der Waals surface area contributed by atoms with Crippen LogP contribution >= 0.6 is 0 Å². The topological polar surface area (TPSA) is 83.0 Å². The number of pyridine rings is 1. The summed E-state index contributed by atoms with van der Waals surface area (Å²) < 4.78 is 34.1. The molecule has 0 unspecified atom stereocenters. The summed E-state index contributed by atoms with van der Waals surface area (Å²) in [7, 11) is 0. The fourth-order valence-electron chi connectivity index (χ4n) is 4.64. The van der Waals surface area contributed by atoms with Gasteiger partial charge in [-0.1, -0.05) is 6.07 Å². The molecule has 1 amide bonds. The van der Waals surface area contributed by atoms with E-state index in [0.29, 0.717) is 72.9 Å². The SMILES string of the molecule is O=C1C(c2cccnc2)=C(c2cc(F)cc(F)c2)c2ccc(OCCN3CCN(C(=O)O)CC3)cc21. The van der Waals surface area contributed by atoms with E-state index >= 15 is 0 Å². The van der Waals surface area contributed by atoms with Gasteiger partial charge in [-0.3, -0.25) is 14.7 Å². The summed E-state index contributed by atoms with van der Waals surface area (Å²) in [6.07, 6.45) is 2.23. The molecule has 5 rings (SSSR count). The van der Waals surface area contributed by atoms with Crippen LogP contribution in [0.2, 0.25) is 0 Å². The van der Waals surface area contributed by atoms with Crippen LogP contribution < -0.4 is 4.74 Å². The zero-order valence-electron chi connectivity index (χ0n) is 19.3. The van der Waals surface area contributed by atoms with Gasteiger partial charge in [0.25, 0.3) is 0 Å². The molecule has 0 radical (unpaired) electrons. The molecule has 2 heterocycles. The molecule has 9 heteroatoms. The third kappa shape index (κ3) is 4.70. The Morgan fingerprint density at radius 3 is 2.36 bits per heavy atom. The molecule has 1 aliphatic heterocycles. The predicted octanol–water partition coefficient (Wildman–Crippen LogP) is 4.19. The number of carboxylic acid groups (broad SMARTS) is 1. The van der Waals surface area contributed by atoms with Crippen molar-refractivity contribution in [3.05, 3.63) is 94.8 Å². The van der Waals surface area contributed by atoms with E-state index in [9.17, 15) is 18.4 Å². The molecular weight excluding hydrogens is 468 g/mol. The number of amides is 1. The van der Waals surface area contributed by atoms with Gasteiger partial charge < -0.3 is 14.7 Å². The first-order chi connectivity index (χ1) is 17.4. The molecular formula is C27H23F2N3O4. The minimum absolute atomic E-state index is 0.270. The van der Waals surface area contributed by atoms with Crippen LogP contribution in [0, 0.1) is 11.6 Å². The molecule has 1 aromatic heterocycles. The van der Waals surface area contributed by atoms with E-state index < -0.39 is 17.7 Å². The van der Waals surface area contributed by atoms with Gasteiger partial charge >= 0.3 is 6.09 Å². The van der Waals surface area contributed by atoms with Crippen molar-refractivity contribution in [1.82, 2.24) is 14.8 Å². The van der Waals surface area contributed by atoms with E-state index in [1.54, 1.807) is 42.7 Å². The van der Waals surface area contributed by atoms with Crippen molar-refractivity contribution in [2.45, 2.75) is 0 Å². The lowest BCUT2D eigenvalue weighted by Gasteiger charge is -2.32. The molecule has 1 saturated heterocycles. The second kappa shape index (κ2) is 9.87. The van der Waals surface area contributed by atoms with Gasteiger partial charge in [0, 0.05) is 73.5 Å². The molecule has 36 heavy (non-hydrogen) atoms. The molecule has 0 saturated carbocycles. The van der Waals surface area contributed by atoms with Crippen LogP contribution in [-0.2, 0) is 0 Å². The summed E-state index contributed by atoms with van der Waals surface area (Å²) in [4.78, 5) is 32.2. The lowest BCUT2D eigenvalue weighted by Crippen LogP contribution is -2.49. The lowest BCUT2D eigenvalue weighted by molar-refractivity contribution is 0.0983. The lowest BCUT2D eigenvalue weighted by atomic mass is 9.95. The number of aromatic nitrogens is 1. The van der Waals surface area contributed by atoms with Crippen LogP contribution in [0.4, 0.5) is 13.6 Å². The van der Waals surface area contributed by atoms with Gasteiger partial charge in [-0.25, -0.2) is 13.6 Å². The van der Waals surface area contributed by atoms with E-state index in [2.05, 4.69) is 9.88 Å². The number of Topliss-reactive ketones (excluding diaryl/α,β-unsaturated/α-hetero) is 1. The van der Waals surface area contributed by atoms with E-state index in [1.165, 1.54) is 17.0 Å². The van der Waals surface area contributed by atoms with Crippen molar-refractivity contribution in [3.63, 3.8) is 0 Å². The molecule has 1 aliphatic carbocycles. The summed E-state index contributed by atoms with van der Waals surface area (Å²) in [5.74, 6) is -1.22. The highest BCUT2D eigenvalue weighted by Crippen LogP contribution is 2.43. The van der Waals surface area contributed by atoms with Crippen LogP contribution in [0.3, 0.4) is 0 Å². The van der Waals surface area contributed by atoms with E-state index in [1.807, 2.05) is 0 Å². The van der Waals surface area contributed by atoms with Crippen molar-refractivity contribution in [2.75, 3.05) is 39.3 Å². The number of ether oxygens (including phenoxy) is 1. The maximum absolute atomic E-state index is 14.1. The maximum atomic E-state index is 14.1. The number of hydrogen-bond acceptors (Lipinski definition) is 5. The number of benzene rings is 2. The Balaban J connectivity index is 1.38. The number of allylic oxidation sites excluding steroid dienone is 1. The monoisotopic (exact) mass is 491 g/mol. The van der Waals surface area contributed by atoms with Crippen molar-refractivity contribution >= 4 is 23.0 Å². The molecule has 0 spiro atoms. The van der Waals surface area contributed by atoms with E-state index in [0.717, 1.165) is 6.07 Å². The summed E-state index contributed by atoms with van der Waals surface area (Å²) in [6, 6.07) is 11.8. The van der Waals surface area contributed by atoms with Gasteiger partial charge in [-0.2, -0.15) is 0 Å². The first-order valence-electron chi connectivity index (χ1n) is 11.5. The molecule has 1 fully saturated rings. The minimum atomic E-state index is -0.909. The smallest absolute Gasteiger partial charge is 0.407 e. The van der Waals surface area contributed by atoms with Gasteiger partial charge in [0.05, 0.1) is 0 Å². The second-order valence-electron chi connectivity index (χ2n) is 8.65. The summed E-state index contributed by atoms with van der Waals surface area (Å²) in [5.41, 5.74) is 2.57. The van der Waals surface area contributed by atoms with Gasteiger partial charge in [-0.15, -0.1) is 0 Å². The number of halogens is 2. The molecule has 184 valence electrons. The van der Waals surface area contributed by atoms with E-state index in [-0.39, 0.29) is 11.3 Å². The highest BCUT2D eigenvalue weighted by atomic mass is 19.1. The minimum Gasteiger partial charge on any atom is -0.492 e. The summed E-state index contributed by atoms with van der Waals surface area (Å²) in [6.45, 7) is 3.15. The van der Waals surface area contributed by atoms with Gasteiger partial charge in [0.2, 0.25) is 0 Å². The molecule has 1 N–H and O–H groups in total. The van der Waals surface area contributed by atoms with Crippen molar-refractivity contribution in [3.8, 4) is 5.75 Å².